The molecule has 0 saturated heterocycles. The number of amides is 1. The molecule has 1 amide bonds. The summed E-state index contributed by atoms with van der Waals surface area (Å²) in [6, 6.07) is 4.84. The number of carbonyl (C=O) groups is 1. The zero-order chi connectivity index (χ0) is 15.4. The van der Waals surface area contributed by atoms with E-state index in [0.29, 0.717) is 29.9 Å². The van der Waals surface area contributed by atoms with Crippen LogP contribution in [0.5, 0.6) is 11.5 Å². The van der Waals surface area contributed by atoms with Gasteiger partial charge in [-0.3, -0.25) is 4.79 Å². The van der Waals surface area contributed by atoms with Gasteiger partial charge in [0.15, 0.2) is 0 Å². The molecule has 6 nitrogen and oxygen atoms in total. The van der Waals surface area contributed by atoms with Crippen molar-refractivity contribution in [2.75, 3.05) is 20.8 Å². The van der Waals surface area contributed by atoms with Crippen LogP contribution in [0.4, 0.5) is 0 Å². The van der Waals surface area contributed by atoms with Crippen molar-refractivity contribution in [3.63, 3.8) is 0 Å². The van der Waals surface area contributed by atoms with Crippen LogP contribution in [0, 0.1) is 5.92 Å². The highest BCUT2D eigenvalue weighted by Gasteiger charge is 2.33. The molecule has 6 heteroatoms. The first-order valence-corrected chi connectivity index (χ1v) is 6.90. The van der Waals surface area contributed by atoms with Gasteiger partial charge in [-0.2, -0.15) is 0 Å². The lowest BCUT2D eigenvalue weighted by Crippen LogP contribution is -2.33. The minimum absolute atomic E-state index is 0.0700. The highest BCUT2D eigenvalue weighted by molar-refractivity contribution is 5.97. The lowest BCUT2D eigenvalue weighted by atomic mass is 10.1. The van der Waals surface area contributed by atoms with Crippen LogP contribution in [0.3, 0.4) is 0 Å². The van der Waals surface area contributed by atoms with Gasteiger partial charge in [-0.1, -0.05) is 0 Å². The monoisotopic (exact) mass is 295 g/mol. The molecule has 0 aromatic heterocycles. The zero-order valence-electron chi connectivity index (χ0n) is 12.2. The summed E-state index contributed by atoms with van der Waals surface area (Å²) in [7, 11) is 3.04. The van der Waals surface area contributed by atoms with Crippen molar-refractivity contribution < 1.29 is 24.5 Å². The van der Waals surface area contributed by atoms with E-state index in [4.69, 9.17) is 14.6 Å². The van der Waals surface area contributed by atoms with Gasteiger partial charge in [-0.15, -0.1) is 0 Å². The molecule has 0 spiro atoms. The summed E-state index contributed by atoms with van der Waals surface area (Å²) in [5, 5.41) is 21.8. The molecule has 2 rings (SSSR count). The van der Waals surface area contributed by atoms with Crippen LogP contribution in [0.25, 0.3) is 0 Å². The molecular weight excluding hydrogens is 274 g/mol. The van der Waals surface area contributed by atoms with Crippen molar-refractivity contribution >= 4 is 5.91 Å². The van der Waals surface area contributed by atoms with Gasteiger partial charge in [-0.05, 0) is 25.0 Å². The molecule has 3 N–H and O–H groups in total. The Morgan fingerprint density at radius 3 is 2.67 bits per heavy atom. The van der Waals surface area contributed by atoms with Crippen LogP contribution in [0.1, 0.15) is 23.2 Å². The maximum atomic E-state index is 12.3. The molecule has 0 unspecified atom stereocenters. The molecule has 1 aliphatic rings. The number of methoxy groups -OCH3 is 2. The van der Waals surface area contributed by atoms with E-state index in [1.807, 2.05) is 0 Å². The molecule has 116 valence electrons. The maximum Gasteiger partial charge on any atom is 0.255 e. The number of aliphatic hydroxyl groups excluding tert-OH is 2. The Hall–Kier alpha value is -1.79. The molecule has 1 fully saturated rings. The third kappa shape index (κ3) is 3.46. The Morgan fingerprint density at radius 1 is 1.33 bits per heavy atom. The van der Waals surface area contributed by atoms with Crippen LogP contribution >= 0.6 is 0 Å². The van der Waals surface area contributed by atoms with E-state index in [0.717, 1.165) is 0 Å². The fourth-order valence-corrected chi connectivity index (χ4v) is 2.67. The predicted octanol–water partition coefficient (Wildman–Crippen LogP) is 0.565. The molecule has 1 aliphatic carbocycles. The Labute approximate surface area is 123 Å². The van der Waals surface area contributed by atoms with Gasteiger partial charge < -0.3 is 25.0 Å². The van der Waals surface area contributed by atoms with Gasteiger partial charge in [0.25, 0.3) is 5.91 Å². The van der Waals surface area contributed by atoms with E-state index in [1.165, 1.54) is 7.11 Å². The van der Waals surface area contributed by atoms with Gasteiger partial charge in [0, 0.05) is 24.6 Å². The highest BCUT2D eigenvalue weighted by Crippen LogP contribution is 2.28. The largest absolute Gasteiger partial charge is 0.497 e. The topological polar surface area (TPSA) is 88.0 Å². The van der Waals surface area contributed by atoms with Crippen molar-refractivity contribution in [2.45, 2.75) is 25.0 Å². The van der Waals surface area contributed by atoms with E-state index in [9.17, 15) is 9.90 Å². The van der Waals surface area contributed by atoms with Crippen LogP contribution in [-0.4, -0.2) is 49.1 Å². The quantitative estimate of drug-likeness (QED) is 0.739. The van der Waals surface area contributed by atoms with Crippen LogP contribution < -0.4 is 14.8 Å². The fourth-order valence-electron chi connectivity index (χ4n) is 2.67. The second kappa shape index (κ2) is 6.78. The second-order valence-electron chi connectivity index (χ2n) is 5.22. The van der Waals surface area contributed by atoms with E-state index >= 15 is 0 Å². The van der Waals surface area contributed by atoms with Crippen molar-refractivity contribution in [1.29, 1.82) is 0 Å². The molecule has 1 aromatic rings. The Morgan fingerprint density at radius 2 is 2.10 bits per heavy atom. The van der Waals surface area contributed by atoms with Crippen molar-refractivity contribution in [1.82, 2.24) is 5.32 Å². The van der Waals surface area contributed by atoms with Crippen LogP contribution in [0.2, 0.25) is 0 Å². The van der Waals surface area contributed by atoms with E-state index < -0.39 is 6.10 Å². The van der Waals surface area contributed by atoms with Crippen LogP contribution in [-0.2, 0) is 0 Å². The van der Waals surface area contributed by atoms with Gasteiger partial charge >= 0.3 is 0 Å². The Bertz CT molecular complexity index is 505. The second-order valence-corrected chi connectivity index (χ2v) is 5.22. The average molecular weight is 295 g/mol. The summed E-state index contributed by atoms with van der Waals surface area (Å²) in [5.74, 6) is 0.613. The smallest absolute Gasteiger partial charge is 0.255 e. The number of rotatable bonds is 5. The number of ether oxygens (including phenoxy) is 2. The van der Waals surface area contributed by atoms with Gasteiger partial charge in [-0.25, -0.2) is 0 Å². The maximum absolute atomic E-state index is 12.3. The highest BCUT2D eigenvalue weighted by atomic mass is 16.5. The van der Waals surface area contributed by atoms with Gasteiger partial charge in [0.2, 0.25) is 0 Å². The molecule has 1 aromatic carbocycles. The van der Waals surface area contributed by atoms with Crippen molar-refractivity contribution in [3.05, 3.63) is 23.8 Å². The predicted molar refractivity (Wildman–Crippen MR) is 76.6 cm³/mol. The standard InChI is InChI=1S/C15H21NO5/c1-20-11-3-4-12(14(7-11)21-2)15(19)16-10-5-9(8-17)13(18)6-10/h3-4,7,9-10,13,17-18H,5-6,8H2,1-2H3,(H,16,19)/t9-,10-,13-/m0/s1. The summed E-state index contributed by atoms with van der Waals surface area (Å²) in [6.07, 6.45) is 0.454. The number of benzene rings is 1. The normalized spacial score (nSPS) is 24.7. The molecule has 0 aliphatic heterocycles. The Balaban J connectivity index is 2.07. The minimum atomic E-state index is -0.571. The molecule has 3 atom stereocenters. The van der Waals surface area contributed by atoms with Gasteiger partial charge in [0.1, 0.15) is 11.5 Å². The number of hydrogen-bond donors (Lipinski definition) is 3. The lowest BCUT2D eigenvalue weighted by Gasteiger charge is -2.15. The number of carbonyl (C=O) groups excluding carboxylic acids is 1. The molecule has 0 radical (unpaired) electrons. The first kappa shape index (κ1) is 15.6. The molecule has 0 bridgehead atoms. The lowest BCUT2D eigenvalue weighted by molar-refractivity contribution is 0.0903. The van der Waals surface area contributed by atoms with Crippen molar-refractivity contribution in [3.8, 4) is 11.5 Å². The third-order valence-corrected chi connectivity index (χ3v) is 3.88. The van der Waals surface area contributed by atoms with Crippen molar-refractivity contribution in [2.24, 2.45) is 5.92 Å². The first-order chi connectivity index (χ1) is 10.1. The zero-order valence-corrected chi connectivity index (χ0v) is 12.2. The first-order valence-electron chi connectivity index (χ1n) is 6.90. The molecule has 21 heavy (non-hydrogen) atoms. The molecule has 1 saturated carbocycles. The number of hydrogen-bond acceptors (Lipinski definition) is 5. The SMILES string of the molecule is COc1ccc(C(=O)N[C@H]2C[C@@H](CO)[C@@H](O)C2)c(OC)c1. The van der Waals surface area contributed by atoms with E-state index in [-0.39, 0.29) is 24.5 Å². The van der Waals surface area contributed by atoms with E-state index in [2.05, 4.69) is 5.32 Å². The van der Waals surface area contributed by atoms with E-state index in [1.54, 1.807) is 25.3 Å². The summed E-state index contributed by atoms with van der Waals surface area (Å²) < 4.78 is 10.3. The summed E-state index contributed by atoms with van der Waals surface area (Å²) in [5.41, 5.74) is 0.417. The van der Waals surface area contributed by atoms with Crippen LogP contribution in [0.15, 0.2) is 18.2 Å². The summed E-state index contributed by atoms with van der Waals surface area (Å²) >= 11 is 0. The van der Waals surface area contributed by atoms with Gasteiger partial charge in [0.05, 0.1) is 25.9 Å². The number of nitrogens with one attached hydrogen (secondary N) is 1. The molecular formula is C15H21NO5. The third-order valence-electron chi connectivity index (χ3n) is 3.88. The fraction of sp³-hybridized carbons (Fsp3) is 0.533. The summed E-state index contributed by atoms with van der Waals surface area (Å²) in [4.78, 5) is 12.3. The Kier molecular flexibility index (Phi) is 5.03. The summed E-state index contributed by atoms with van der Waals surface area (Å²) in [6.45, 7) is -0.0700. The molecule has 0 heterocycles. The minimum Gasteiger partial charge on any atom is -0.497 e. The number of aliphatic hydroxyl groups is 2. The average Bonchev–Trinajstić information content (AvgIpc) is 2.85.